The molecule has 0 atom stereocenters. The van der Waals surface area contributed by atoms with Crippen LogP contribution in [-0.4, -0.2) is 48.5 Å². The fourth-order valence-corrected chi connectivity index (χ4v) is 3.40. The third-order valence-electron chi connectivity index (χ3n) is 4.63. The summed E-state index contributed by atoms with van der Waals surface area (Å²) >= 11 is 6.02. The second kappa shape index (κ2) is 8.37. The van der Waals surface area contributed by atoms with Crippen LogP contribution in [0.1, 0.15) is 5.56 Å². The van der Waals surface area contributed by atoms with E-state index in [2.05, 4.69) is 34.2 Å². The molecule has 1 saturated heterocycles. The summed E-state index contributed by atoms with van der Waals surface area (Å²) in [5, 5.41) is 13.6. The lowest BCUT2D eigenvalue weighted by Gasteiger charge is -2.36. The van der Waals surface area contributed by atoms with Crippen molar-refractivity contribution in [2.45, 2.75) is 6.92 Å². The molecule has 1 N–H and O–H groups in total. The molecule has 142 valence electrons. The number of amides is 1. The first kappa shape index (κ1) is 19.1. The van der Waals surface area contributed by atoms with Gasteiger partial charge < -0.3 is 10.2 Å². The number of rotatable bonds is 5. The maximum Gasteiger partial charge on any atom is 0.271 e. The van der Waals surface area contributed by atoms with Gasteiger partial charge in [-0.15, -0.1) is 0 Å². The van der Waals surface area contributed by atoms with Crippen molar-refractivity contribution >= 4 is 34.6 Å². The monoisotopic (exact) mass is 388 g/mol. The van der Waals surface area contributed by atoms with Crippen molar-refractivity contribution in [1.29, 1.82) is 0 Å². The molecule has 1 amide bonds. The molecule has 0 radical (unpaired) electrons. The van der Waals surface area contributed by atoms with E-state index >= 15 is 0 Å². The van der Waals surface area contributed by atoms with Gasteiger partial charge in [-0.25, -0.2) is 0 Å². The zero-order valence-corrected chi connectivity index (χ0v) is 15.8. The molecule has 27 heavy (non-hydrogen) atoms. The van der Waals surface area contributed by atoms with E-state index in [4.69, 9.17) is 11.6 Å². The molecule has 0 saturated carbocycles. The molecule has 0 unspecified atom stereocenters. The summed E-state index contributed by atoms with van der Waals surface area (Å²) in [6.07, 6.45) is 0. The van der Waals surface area contributed by atoms with Crippen LogP contribution < -0.4 is 10.2 Å². The van der Waals surface area contributed by atoms with Crippen LogP contribution in [0.25, 0.3) is 0 Å². The first-order chi connectivity index (χ1) is 12.9. The van der Waals surface area contributed by atoms with E-state index in [1.807, 2.05) is 12.1 Å². The Bertz CT molecular complexity index is 851. The van der Waals surface area contributed by atoms with Crippen molar-refractivity contribution < 1.29 is 9.72 Å². The molecule has 2 aromatic rings. The van der Waals surface area contributed by atoms with Gasteiger partial charge in [-0.2, -0.15) is 0 Å². The Balaban J connectivity index is 1.53. The van der Waals surface area contributed by atoms with Gasteiger partial charge in [0, 0.05) is 44.0 Å². The maximum absolute atomic E-state index is 12.3. The standard InChI is InChI=1S/C19H21ClN4O3/c1-14-4-2-3-5-18(14)23-10-8-22(9-11-23)13-19(25)21-17-7-6-15(24(26)27)12-16(17)20/h2-7,12H,8-11,13H2,1H3,(H,21,25). The molecule has 8 heteroatoms. The maximum atomic E-state index is 12.3. The molecular weight excluding hydrogens is 368 g/mol. The Morgan fingerprint density at radius 3 is 2.52 bits per heavy atom. The van der Waals surface area contributed by atoms with Crippen LogP contribution in [0.5, 0.6) is 0 Å². The molecule has 0 aromatic heterocycles. The van der Waals surface area contributed by atoms with E-state index in [0.29, 0.717) is 5.69 Å². The fraction of sp³-hybridized carbons (Fsp3) is 0.316. The third kappa shape index (κ3) is 4.75. The van der Waals surface area contributed by atoms with Gasteiger partial charge in [0.25, 0.3) is 5.69 Å². The Morgan fingerprint density at radius 2 is 1.89 bits per heavy atom. The second-order valence-corrected chi connectivity index (χ2v) is 6.93. The minimum atomic E-state index is -0.522. The predicted molar refractivity (Wildman–Crippen MR) is 107 cm³/mol. The van der Waals surface area contributed by atoms with E-state index in [1.54, 1.807) is 0 Å². The molecule has 0 aliphatic carbocycles. The summed E-state index contributed by atoms with van der Waals surface area (Å²) in [4.78, 5) is 26.9. The molecule has 0 spiro atoms. The van der Waals surface area contributed by atoms with Crippen LogP contribution in [0, 0.1) is 17.0 Å². The Labute approximate surface area is 162 Å². The van der Waals surface area contributed by atoms with Gasteiger partial charge in [-0.3, -0.25) is 19.8 Å². The first-order valence-corrected chi connectivity index (χ1v) is 9.08. The van der Waals surface area contributed by atoms with Gasteiger partial charge >= 0.3 is 0 Å². The zero-order valence-electron chi connectivity index (χ0n) is 15.0. The summed E-state index contributed by atoms with van der Waals surface area (Å²) in [5.74, 6) is -0.185. The highest BCUT2D eigenvalue weighted by atomic mass is 35.5. The number of nitrogens with one attached hydrogen (secondary N) is 1. The van der Waals surface area contributed by atoms with Crippen molar-refractivity contribution in [3.8, 4) is 0 Å². The van der Waals surface area contributed by atoms with E-state index in [0.717, 1.165) is 26.2 Å². The van der Waals surface area contributed by atoms with Crippen LogP contribution in [0.15, 0.2) is 42.5 Å². The minimum Gasteiger partial charge on any atom is -0.369 e. The predicted octanol–water partition coefficient (Wildman–Crippen LogP) is 3.32. The number of nitro groups is 1. The molecule has 0 bridgehead atoms. The third-order valence-corrected chi connectivity index (χ3v) is 4.95. The van der Waals surface area contributed by atoms with Crippen LogP contribution in [0.3, 0.4) is 0 Å². The molecule has 1 fully saturated rings. The molecule has 7 nitrogen and oxygen atoms in total. The second-order valence-electron chi connectivity index (χ2n) is 6.52. The van der Waals surface area contributed by atoms with E-state index in [-0.39, 0.29) is 23.2 Å². The number of hydrogen-bond donors (Lipinski definition) is 1. The lowest BCUT2D eigenvalue weighted by Crippen LogP contribution is -2.48. The van der Waals surface area contributed by atoms with Crippen molar-refractivity contribution in [2.75, 3.05) is 42.9 Å². The van der Waals surface area contributed by atoms with Gasteiger partial charge in [-0.1, -0.05) is 29.8 Å². The van der Waals surface area contributed by atoms with Crippen LogP contribution in [0.2, 0.25) is 5.02 Å². The number of halogens is 1. The lowest BCUT2D eigenvalue weighted by atomic mass is 10.1. The normalized spacial score (nSPS) is 14.8. The summed E-state index contributed by atoms with van der Waals surface area (Å²) < 4.78 is 0. The number of non-ortho nitro benzene ring substituents is 1. The molecule has 1 aliphatic rings. The number of nitro benzene ring substituents is 1. The number of anilines is 2. The summed E-state index contributed by atoms with van der Waals surface area (Å²) in [5.41, 5.74) is 2.76. The van der Waals surface area contributed by atoms with Crippen LogP contribution >= 0.6 is 11.6 Å². The number of piperazine rings is 1. The van der Waals surface area contributed by atoms with Gasteiger partial charge in [0.2, 0.25) is 5.91 Å². The first-order valence-electron chi connectivity index (χ1n) is 8.71. The summed E-state index contributed by atoms with van der Waals surface area (Å²) in [7, 11) is 0. The van der Waals surface area contributed by atoms with E-state index < -0.39 is 4.92 Å². The number of para-hydroxylation sites is 1. The van der Waals surface area contributed by atoms with Gasteiger partial charge in [0.05, 0.1) is 22.2 Å². The molecular formula is C19H21ClN4O3. The fourth-order valence-electron chi connectivity index (χ4n) is 3.18. The molecule has 3 rings (SSSR count). The average molecular weight is 389 g/mol. The topological polar surface area (TPSA) is 78.7 Å². The van der Waals surface area contributed by atoms with Crippen molar-refractivity contribution in [3.05, 3.63) is 63.2 Å². The lowest BCUT2D eigenvalue weighted by molar-refractivity contribution is -0.384. The van der Waals surface area contributed by atoms with Gasteiger partial charge in [0.15, 0.2) is 0 Å². The Hall–Kier alpha value is -2.64. The largest absolute Gasteiger partial charge is 0.369 e. The SMILES string of the molecule is Cc1ccccc1N1CCN(CC(=O)Nc2ccc([N+](=O)[O-])cc2Cl)CC1. The smallest absolute Gasteiger partial charge is 0.271 e. The number of benzene rings is 2. The van der Waals surface area contributed by atoms with Crippen molar-refractivity contribution in [1.82, 2.24) is 4.90 Å². The number of hydrogen-bond acceptors (Lipinski definition) is 5. The highest BCUT2D eigenvalue weighted by Crippen LogP contribution is 2.26. The Kier molecular flexibility index (Phi) is 5.93. The number of carbonyl (C=O) groups is 1. The van der Waals surface area contributed by atoms with Gasteiger partial charge in [0.1, 0.15) is 0 Å². The van der Waals surface area contributed by atoms with E-state index in [1.165, 1.54) is 29.4 Å². The van der Waals surface area contributed by atoms with Crippen LogP contribution in [0.4, 0.5) is 17.1 Å². The van der Waals surface area contributed by atoms with Crippen LogP contribution in [-0.2, 0) is 4.79 Å². The number of aryl methyl sites for hydroxylation is 1. The molecule has 1 heterocycles. The Morgan fingerprint density at radius 1 is 1.19 bits per heavy atom. The van der Waals surface area contributed by atoms with Crippen molar-refractivity contribution in [3.63, 3.8) is 0 Å². The zero-order chi connectivity index (χ0) is 19.4. The molecule has 1 aliphatic heterocycles. The molecule has 2 aromatic carbocycles. The average Bonchev–Trinajstić information content (AvgIpc) is 2.64. The van der Waals surface area contributed by atoms with Gasteiger partial charge in [-0.05, 0) is 24.6 Å². The number of nitrogens with zero attached hydrogens (tertiary/aromatic N) is 3. The van der Waals surface area contributed by atoms with E-state index in [9.17, 15) is 14.9 Å². The summed E-state index contributed by atoms with van der Waals surface area (Å²) in [6, 6.07) is 12.3. The summed E-state index contributed by atoms with van der Waals surface area (Å²) in [6.45, 7) is 5.65. The minimum absolute atomic E-state index is 0.106. The number of carbonyl (C=O) groups excluding carboxylic acids is 1. The van der Waals surface area contributed by atoms with Crippen molar-refractivity contribution in [2.24, 2.45) is 0 Å². The highest BCUT2D eigenvalue weighted by Gasteiger charge is 2.20. The highest BCUT2D eigenvalue weighted by molar-refractivity contribution is 6.34. The quantitative estimate of drug-likeness (QED) is 0.628.